The zero-order valence-electron chi connectivity index (χ0n) is 14.9. The van der Waals surface area contributed by atoms with Crippen molar-refractivity contribution in [3.05, 3.63) is 60.4 Å². The average molecular weight is 384 g/mol. The number of carbonyl (C=O) groups is 1. The first-order valence-corrected chi connectivity index (χ1v) is 8.98. The van der Waals surface area contributed by atoms with Crippen LogP contribution in [0.15, 0.2) is 53.1 Å². The van der Waals surface area contributed by atoms with E-state index in [2.05, 4.69) is 15.5 Å². The van der Waals surface area contributed by atoms with Gasteiger partial charge in [-0.05, 0) is 49.2 Å². The molecule has 6 nitrogen and oxygen atoms in total. The molecule has 8 heteroatoms. The largest absolute Gasteiger partial charge is 0.463 e. The number of hydrogen-bond acceptors (Lipinski definition) is 5. The fourth-order valence-electron chi connectivity index (χ4n) is 3.25. The molecule has 0 atom stereocenters. The number of furan rings is 1. The van der Waals surface area contributed by atoms with Gasteiger partial charge in [-0.15, -0.1) is 10.2 Å². The van der Waals surface area contributed by atoms with Gasteiger partial charge in [-0.3, -0.25) is 4.79 Å². The molecule has 144 valence electrons. The Bertz CT molecular complexity index is 953. The van der Waals surface area contributed by atoms with Gasteiger partial charge < -0.3 is 14.6 Å². The quantitative estimate of drug-likeness (QED) is 0.739. The number of anilines is 2. The minimum atomic E-state index is -0.654. The van der Waals surface area contributed by atoms with E-state index in [-0.39, 0.29) is 17.5 Å². The summed E-state index contributed by atoms with van der Waals surface area (Å²) in [6.07, 6.45) is 2.76. The Morgan fingerprint density at radius 2 is 1.93 bits per heavy atom. The minimum Gasteiger partial charge on any atom is -0.463 e. The summed E-state index contributed by atoms with van der Waals surface area (Å²) in [7, 11) is 0. The lowest BCUT2D eigenvalue weighted by Gasteiger charge is -2.31. The summed E-state index contributed by atoms with van der Waals surface area (Å²) < 4.78 is 32.3. The summed E-state index contributed by atoms with van der Waals surface area (Å²) in [6, 6.07) is 10.3. The number of nitrogens with one attached hydrogen (secondary N) is 1. The molecule has 1 N–H and O–H groups in total. The predicted molar refractivity (Wildman–Crippen MR) is 99.7 cm³/mol. The van der Waals surface area contributed by atoms with Crippen LogP contribution in [-0.2, 0) is 4.79 Å². The maximum absolute atomic E-state index is 13.7. The number of amides is 1. The summed E-state index contributed by atoms with van der Waals surface area (Å²) in [5, 5.41) is 10.9. The molecule has 0 unspecified atom stereocenters. The molecule has 1 aliphatic rings. The molecule has 2 aromatic heterocycles. The van der Waals surface area contributed by atoms with Crippen LogP contribution < -0.4 is 10.2 Å². The predicted octanol–water partition coefficient (Wildman–Crippen LogP) is 3.87. The van der Waals surface area contributed by atoms with Gasteiger partial charge in [0.05, 0.1) is 12.0 Å². The van der Waals surface area contributed by atoms with Gasteiger partial charge in [0.2, 0.25) is 5.91 Å². The van der Waals surface area contributed by atoms with Gasteiger partial charge in [-0.25, -0.2) is 8.78 Å². The van der Waals surface area contributed by atoms with Crippen molar-refractivity contribution in [3.8, 4) is 11.5 Å². The summed E-state index contributed by atoms with van der Waals surface area (Å²) in [5.41, 5.74) is 0.520. The lowest BCUT2D eigenvalue weighted by molar-refractivity contribution is -0.120. The molecule has 0 aliphatic carbocycles. The number of benzene rings is 1. The van der Waals surface area contributed by atoms with Gasteiger partial charge in [0.1, 0.15) is 17.3 Å². The molecule has 3 heterocycles. The zero-order chi connectivity index (χ0) is 19.5. The molecule has 1 saturated heterocycles. The Morgan fingerprint density at radius 3 is 2.61 bits per heavy atom. The molecule has 0 bridgehead atoms. The molecule has 3 aromatic rings. The van der Waals surface area contributed by atoms with E-state index in [0.717, 1.165) is 24.0 Å². The van der Waals surface area contributed by atoms with Crippen molar-refractivity contribution in [3.63, 3.8) is 0 Å². The number of piperidine rings is 1. The van der Waals surface area contributed by atoms with Gasteiger partial charge in [0, 0.05) is 25.1 Å². The second-order valence-electron chi connectivity index (χ2n) is 6.63. The summed E-state index contributed by atoms with van der Waals surface area (Å²) in [4.78, 5) is 14.4. The highest BCUT2D eigenvalue weighted by molar-refractivity contribution is 5.92. The summed E-state index contributed by atoms with van der Waals surface area (Å²) in [5.74, 6) is -0.441. The normalized spacial score (nSPS) is 14.9. The van der Waals surface area contributed by atoms with E-state index < -0.39 is 11.6 Å². The van der Waals surface area contributed by atoms with E-state index in [9.17, 15) is 13.6 Å². The molecular formula is C20H18F2N4O2. The van der Waals surface area contributed by atoms with Crippen molar-refractivity contribution in [1.29, 1.82) is 0 Å². The van der Waals surface area contributed by atoms with Crippen LogP contribution in [0.5, 0.6) is 0 Å². The maximum Gasteiger partial charge on any atom is 0.227 e. The Hall–Kier alpha value is -3.29. The smallest absolute Gasteiger partial charge is 0.227 e. The van der Waals surface area contributed by atoms with Crippen molar-refractivity contribution in [2.45, 2.75) is 12.8 Å². The minimum absolute atomic E-state index is 0.133. The number of aromatic nitrogens is 2. The van der Waals surface area contributed by atoms with Gasteiger partial charge in [0.15, 0.2) is 11.6 Å². The lowest BCUT2D eigenvalue weighted by Crippen LogP contribution is -2.38. The number of hydrogen-bond donors (Lipinski definition) is 1. The van der Waals surface area contributed by atoms with Crippen LogP contribution in [0.3, 0.4) is 0 Å². The Kier molecular flexibility index (Phi) is 5.01. The molecule has 0 spiro atoms. The van der Waals surface area contributed by atoms with E-state index >= 15 is 0 Å². The first-order chi connectivity index (χ1) is 13.6. The van der Waals surface area contributed by atoms with E-state index in [1.807, 2.05) is 23.1 Å². The molecule has 0 radical (unpaired) electrons. The second kappa shape index (κ2) is 7.75. The molecule has 1 aromatic carbocycles. The highest BCUT2D eigenvalue weighted by atomic mass is 19.1. The van der Waals surface area contributed by atoms with Crippen molar-refractivity contribution in [1.82, 2.24) is 10.2 Å². The lowest BCUT2D eigenvalue weighted by atomic mass is 9.95. The van der Waals surface area contributed by atoms with E-state index in [0.29, 0.717) is 37.4 Å². The van der Waals surface area contributed by atoms with Crippen LogP contribution in [0.4, 0.5) is 20.3 Å². The van der Waals surface area contributed by atoms with Crippen LogP contribution in [0.2, 0.25) is 0 Å². The molecule has 4 rings (SSSR count). The first-order valence-electron chi connectivity index (χ1n) is 8.98. The van der Waals surface area contributed by atoms with Crippen molar-refractivity contribution in [2.24, 2.45) is 5.92 Å². The van der Waals surface area contributed by atoms with Crippen LogP contribution in [0, 0.1) is 17.6 Å². The average Bonchev–Trinajstić information content (AvgIpc) is 3.26. The van der Waals surface area contributed by atoms with E-state index in [1.165, 1.54) is 0 Å². The summed E-state index contributed by atoms with van der Waals surface area (Å²) in [6.45, 7) is 1.25. The highest BCUT2D eigenvalue weighted by Gasteiger charge is 2.26. The maximum atomic E-state index is 13.7. The molecule has 1 aliphatic heterocycles. The molecule has 0 saturated carbocycles. The number of rotatable bonds is 4. The number of halogens is 2. The van der Waals surface area contributed by atoms with Crippen molar-refractivity contribution >= 4 is 17.4 Å². The van der Waals surface area contributed by atoms with Crippen LogP contribution >= 0.6 is 0 Å². The van der Waals surface area contributed by atoms with Crippen LogP contribution in [0.1, 0.15) is 12.8 Å². The Morgan fingerprint density at radius 1 is 1.11 bits per heavy atom. The fourth-order valence-corrected chi connectivity index (χ4v) is 3.25. The first kappa shape index (κ1) is 18.1. The topological polar surface area (TPSA) is 71.3 Å². The summed E-state index contributed by atoms with van der Waals surface area (Å²) >= 11 is 0. The molecule has 28 heavy (non-hydrogen) atoms. The second-order valence-corrected chi connectivity index (χ2v) is 6.63. The van der Waals surface area contributed by atoms with Crippen LogP contribution in [-0.4, -0.2) is 29.2 Å². The van der Waals surface area contributed by atoms with Gasteiger partial charge in [-0.2, -0.15) is 0 Å². The standard InChI is InChI=1S/C20H18F2N4O2/c21-14-3-4-15(22)17(12-14)23-20(27)13-7-9-26(10-8-13)19-6-5-16(24-25-19)18-2-1-11-28-18/h1-6,11-13H,7-10H2,(H,23,27). The van der Waals surface area contributed by atoms with Crippen molar-refractivity contribution in [2.75, 3.05) is 23.3 Å². The number of nitrogens with zero attached hydrogens (tertiary/aromatic N) is 3. The molecular weight excluding hydrogens is 366 g/mol. The zero-order valence-corrected chi connectivity index (χ0v) is 14.9. The van der Waals surface area contributed by atoms with Crippen LogP contribution in [0.25, 0.3) is 11.5 Å². The number of carbonyl (C=O) groups excluding carboxylic acids is 1. The molecule has 1 amide bonds. The van der Waals surface area contributed by atoms with Crippen molar-refractivity contribution < 1.29 is 18.0 Å². The van der Waals surface area contributed by atoms with Gasteiger partial charge in [-0.1, -0.05) is 0 Å². The molecule has 1 fully saturated rings. The highest BCUT2D eigenvalue weighted by Crippen LogP contribution is 2.25. The third-order valence-corrected chi connectivity index (χ3v) is 4.80. The monoisotopic (exact) mass is 384 g/mol. The van der Waals surface area contributed by atoms with Gasteiger partial charge in [0.25, 0.3) is 0 Å². The third kappa shape index (κ3) is 3.85. The third-order valence-electron chi connectivity index (χ3n) is 4.80. The van der Waals surface area contributed by atoms with E-state index in [4.69, 9.17) is 4.42 Å². The van der Waals surface area contributed by atoms with E-state index in [1.54, 1.807) is 12.3 Å². The Balaban J connectivity index is 1.35. The fraction of sp³-hybridized carbons (Fsp3) is 0.250. The van der Waals surface area contributed by atoms with Gasteiger partial charge >= 0.3 is 0 Å². The Labute approximate surface area is 160 Å². The SMILES string of the molecule is O=C(Nc1cc(F)ccc1F)C1CCN(c2ccc(-c3ccco3)nn2)CC1.